The number of aromatic nitrogens is 4. The standard InChI is InChI=1S/C18H23N5O/c1-3-5-9-12-23-13-19-15-16(23)21-18(22-17(15)24-4-2)20-14-10-7-6-8-11-14/h6-8,10-11,13H,3-5,9,12H2,1-2H3,(H,20,21,22). The first-order chi connectivity index (χ1) is 11.8. The Balaban J connectivity index is 1.95. The van der Waals surface area contributed by atoms with Gasteiger partial charge in [-0.05, 0) is 25.5 Å². The number of nitrogens with one attached hydrogen (secondary N) is 1. The molecule has 0 unspecified atom stereocenters. The van der Waals surface area contributed by atoms with Crippen molar-refractivity contribution in [2.45, 2.75) is 39.7 Å². The number of anilines is 2. The molecule has 0 saturated carbocycles. The lowest BCUT2D eigenvalue weighted by molar-refractivity contribution is 0.330. The fourth-order valence-corrected chi connectivity index (χ4v) is 2.56. The van der Waals surface area contributed by atoms with E-state index in [1.165, 1.54) is 12.8 Å². The molecule has 3 aromatic rings. The third-order valence-corrected chi connectivity index (χ3v) is 3.75. The molecule has 6 nitrogen and oxygen atoms in total. The molecule has 0 radical (unpaired) electrons. The van der Waals surface area contributed by atoms with Crippen LogP contribution in [0.5, 0.6) is 5.88 Å². The summed E-state index contributed by atoms with van der Waals surface area (Å²) >= 11 is 0. The molecule has 126 valence electrons. The monoisotopic (exact) mass is 325 g/mol. The molecule has 0 spiro atoms. The molecular weight excluding hydrogens is 302 g/mol. The van der Waals surface area contributed by atoms with E-state index in [9.17, 15) is 0 Å². The molecule has 3 rings (SSSR count). The summed E-state index contributed by atoms with van der Waals surface area (Å²) in [6.07, 6.45) is 5.31. The van der Waals surface area contributed by atoms with Gasteiger partial charge in [0.25, 0.3) is 0 Å². The lowest BCUT2D eigenvalue weighted by Gasteiger charge is -2.09. The highest BCUT2D eigenvalue weighted by Crippen LogP contribution is 2.24. The van der Waals surface area contributed by atoms with Crippen LogP contribution in [0.1, 0.15) is 33.1 Å². The predicted octanol–water partition coefficient (Wildman–Crippen LogP) is 4.16. The van der Waals surface area contributed by atoms with Gasteiger partial charge in [-0.2, -0.15) is 9.97 Å². The number of fused-ring (bicyclic) bond motifs is 1. The van der Waals surface area contributed by atoms with Crippen LogP contribution in [0.15, 0.2) is 36.7 Å². The first kappa shape index (κ1) is 16.2. The topological polar surface area (TPSA) is 64.9 Å². The van der Waals surface area contributed by atoms with Gasteiger partial charge in [0.05, 0.1) is 12.9 Å². The number of ether oxygens (including phenoxy) is 1. The molecule has 0 aliphatic carbocycles. The summed E-state index contributed by atoms with van der Waals surface area (Å²) in [5, 5.41) is 3.24. The van der Waals surface area contributed by atoms with Crippen LogP contribution in [0, 0.1) is 0 Å². The van der Waals surface area contributed by atoms with Gasteiger partial charge in [-0.1, -0.05) is 38.0 Å². The number of nitrogens with zero attached hydrogens (tertiary/aromatic N) is 4. The second-order valence-electron chi connectivity index (χ2n) is 5.59. The summed E-state index contributed by atoms with van der Waals surface area (Å²) in [6.45, 7) is 5.58. The third-order valence-electron chi connectivity index (χ3n) is 3.75. The van der Waals surface area contributed by atoms with E-state index >= 15 is 0 Å². The summed E-state index contributed by atoms with van der Waals surface area (Å²) in [5.74, 6) is 1.05. The number of rotatable bonds is 8. The Morgan fingerprint density at radius 1 is 1.08 bits per heavy atom. The van der Waals surface area contributed by atoms with Gasteiger partial charge in [0.1, 0.15) is 0 Å². The van der Waals surface area contributed by atoms with Crippen LogP contribution in [0.25, 0.3) is 11.2 Å². The van der Waals surface area contributed by atoms with Gasteiger partial charge in [-0.15, -0.1) is 0 Å². The maximum Gasteiger partial charge on any atom is 0.247 e. The lowest BCUT2D eigenvalue weighted by Crippen LogP contribution is -2.04. The molecule has 6 heteroatoms. The van der Waals surface area contributed by atoms with Crippen molar-refractivity contribution in [3.05, 3.63) is 36.7 Å². The molecule has 1 aromatic carbocycles. The van der Waals surface area contributed by atoms with Crippen LogP contribution in [0.2, 0.25) is 0 Å². The number of benzene rings is 1. The van der Waals surface area contributed by atoms with E-state index in [4.69, 9.17) is 4.74 Å². The zero-order valence-electron chi connectivity index (χ0n) is 14.2. The summed E-state index contributed by atoms with van der Waals surface area (Å²) in [4.78, 5) is 13.6. The molecule has 1 N–H and O–H groups in total. The fourth-order valence-electron chi connectivity index (χ4n) is 2.56. The fraction of sp³-hybridized carbons (Fsp3) is 0.389. The Morgan fingerprint density at radius 3 is 2.67 bits per heavy atom. The Labute approximate surface area is 141 Å². The number of hydrogen-bond acceptors (Lipinski definition) is 5. The summed E-state index contributed by atoms with van der Waals surface area (Å²) < 4.78 is 7.74. The van der Waals surface area contributed by atoms with Gasteiger partial charge < -0.3 is 14.6 Å². The normalized spacial score (nSPS) is 10.9. The highest BCUT2D eigenvalue weighted by atomic mass is 16.5. The second kappa shape index (κ2) is 7.77. The van der Waals surface area contributed by atoms with E-state index in [1.807, 2.05) is 43.6 Å². The van der Waals surface area contributed by atoms with Crippen LogP contribution < -0.4 is 10.1 Å². The molecule has 0 saturated heterocycles. The molecule has 2 aromatic heterocycles. The maximum absolute atomic E-state index is 5.67. The Morgan fingerprint density at radius 2 is 1.92 bits per heavy atom. The van der Waals surface area contributed by atoms with Gasteiger partial charge in [-0.3, -0.25) is 0 Å². The summed E-state index contributed by atoms with van der Waals surface area (Å²) in [5.41, 5.74) is 2.46. The molecule has 0 atom stereocenters. The van der Waals surface area contributed by atoms with Crippen molar-refractivity contribution in [2.24, 2.45) is 0 Å². The van der Waals surface area contributed by atoms with Crippen LogP contribution in [-0.4, -0.2) is 26.1 Å². The largest absolute Gasteiger partial charge is 0.476 e. The quantitative estimate of drug-likeness (QED) is 0.630. The van der Waals surface area contributed by atoms with Crippen molar-refractivity contribution in [3.8, 4) is 5.88 Å². The van der Waals surface area contributed by atoms with Crippen LogP contribution in [0.3, 0.4) is 0 Å². The average Bonchev–Trinajstić information content (AvgIpc) is 3.00. The molecule has 0 aliphatic rings. The van der Waals surface area contributed by atoms with E-state index in [1.54, 1.807) is 0 Å². The van der Waals surface area contributed by atoms with E-state index in [0.717, 1.165) is 24.3 Å². The first-order valence-electron chi connectivity index (χ1n) is 8.49. The Hall–Kier alpha value is -2.63. The minimum absolute atomic E-state index is 0.523. The van der Waals surface area contributed by atoms with E-state index in [2.05, 4.69) is 31.8 Å². The van der Waals surface area contributed by atoms with Gasteiger partial charge in [-0.25, -0.2) is 4.98 Å². The number of imidazole rings is 1. The number of aryl methyl sites for hydroxylation is 1. The minimum Gasteiger partial charge on any atom is -0.476 e. The van der Waals surface area contributed by atoms with Crippen molar-refractivity contribution in [1.29, 1.82) is 0 Å². The van der Waals surface area contributed by atoms with Crippen molar-refractivity contribution in [2.75, 3.05) is 11.9 Å². The van der Waals surface area contributed by atoms with Crippen molar-refractivity contribution >= 4 is 22.8 Å². The average molecular weight is 325 g/mol. The minimum atomic E-state index is 0.523. The molecule has 0 aliphatic heterocycles. The van der Waals surface area contributed by atoms with Crippen LogP contribution >= 0.6 is 0 Å². The highest BCUT2D eigenvalue weighted by Gasteiger charge is 2.14. The number of hydrogen-bond donors (Lipinski definition) is 1. The maximum atomic E-state index is 5.67. The Kier molecular flexibility index (Phi) is 5.25. The number of unbranched alkanes of at least 4 members (excludes halogenated alkanes) is 2. The van der Waals surface area contributed by atoms with E-state index in [0.29, 0.717) is 24.0 Å². The first-order valence-corrected chi connectivity index (χ1v) is 8.49. The summed E-state index contributed by atoms with van der Waals surface area (Å²) in [7, 11) is 0. The zero-order valence-corrected chi connectivity index (χ0v) is 14.2. The van der Waals surface area contributed by atoms with Gasteiger partial charge >= 0.3 is 0 Å². The molecule has 0 amide bonds. The predicted molar refractivity (Wildman–Crippen MR) is 95.7 cm³/mol. The number of para-hydroxylation sites is 1. The van der Waals surface area contributed by atoms with E-state index < -0.39 is 0 Å². The molecule has 0 fully saturated rings. The van der Waals surface area contributed by atoms with E-state index in [-0.39, 0.29) is 0 Å². The van der Waals surface area contributed by atoms with Gasteiger partial charge in [0, 0.05) is 12.2 Å². The van der Waals surface area contributed by atoms with Gasteiger partial charge in [0.2, 0.25) is 11.8 Å². The molecule has 24 heavy (non-hydrogen) atoms. The molecular formula is C18H23N5O. The summed E-state index contributed by atoms with van der Waals surface area (Å²) in [6, 6.07) is 9.88. The van der Waals surface area contributed by atoms with Gasteiger partial charge in [0.15, 0.2) is 11.2 Å². The lowest BCUT2D eigenvalue weighted by atomic mass is 10.2. The van der Waals surface area contributed by atoms with Crippen molar-refractivity contribution in [1.82, 2.24) is 19.5 Å². The second-order valence-corrected chi connectivity index (χ2v) is 5.59. The van der Waals surface area contributed by atoms with Crippen LogP contribution in [0.4, 0.5) is 11.6 Å². The third kappa shape index (κ3) is 3.64. The zero-order chi connectivity index (χ0) is 16.8. The Bertz CT molecular complexity index is 785. The molecule has 0 bridgehead atoms. The van der Waals surface area contributed by atoms with Crippen LogP contribution in [-0.2, 0) is 6.54 Å². The molecule has 2 heterocycles. The van der Waals surface area contributed by atoms with Crippen molar-refractivity contribution < 1.29 is 4.74 Å². The van der Waals surface area contributed by atoms with Crippen molar-refractivity contribution in [3.63, 3.8) is 0 Å². The smallest absolute Gasteiger partial charge is 0.247 e. The highest BCUT2D eigenvalue weighted by molar-refractivity contribution is 5.78. The SMILES string of the molecule is CCCCCn1cnc2c(OCC)nc(Nc3ccccc3)nc21.